The minimum atomic E-state index is -0.407. The lowest BCUT2D eigenvalue weighted by Gasteiger charge is -2.30. The van der Waals surface area contributed by atoms with E-state index in [4.69, 9.17) is 9.47 Å². The van der Waals surface area contributed by atoms with Gasteiger partial charge in [0.2, 0.25) is 11.8 Å². The van der Waals surface area contributed by atoms with Crippen LogP contribution in [0.3, 0.4) is 0 Å². The average Bonchev–Trinajstić information content (AvgIpc) is 2.59. The molecule has 124 valence electrons. The molecule has 2 N–H and O–H groups in total. The Morgan fingerprint density at radius 3 is 3.00 bits per heavy atom. The van der Waals surface area contributed by atoms with Crippen molar-refractivity contribution in [1.82, 2.24) is 10.6 Å². The van der Waals surface area contributed by atoms with Gasteiger partial charge in [-0.05, 0) is 19.1 Å². The van der Waals surface area contributed by atoms with Gasteiger partial charge in [-0.1, -0.05) is 12.1 Å². The SMILES string of the molecule is C[C@@H]1CN[C@H](C(=O)NCC(=O)N2CCOc3ccccc32)CO1. The number of fused-ring (bicyclic) bond motifs is 1. The summed E-state index contributed by atoms with van der Waals surface area (Å²) in [7, 11) is 0. The predicted octanol–water partition coefficient (Wildman–Crippen LogP) is -0.0949. The molecule has 0 aliphatic carbocycles. The second kappa shape index (κ2) is 6.97. The van der Waals surface area contributed by atoms with Crippen LogP contribution in [0.25, 0.3) is 0 Å². The highest BCUT2D eigenvalue weighted by Gasteiger charge is 2.27. The van der Waals surface area contributed by atoms with Crippen LogP contribution in [0.1, 0.15) is 6.92 Å². The summed E-state index contributed by atoms with van der Waals surface area (Å²) in [5.41, 5.74) is 0.742. The monoisotopic (exact) mass is 319 g/mol. The van der Waals surface area contributed by atoms with E-state index < -0.39 is 6.04 Å². The normalized spacial score (nSPS) is 23.6. The van der Waals surface area contributed by atoms with Gasteiger partial charge in [-0.25, -0.2) is 0 Å². The second-order valence-corrected chi connectivity index (χ2v) is 5.68. The van der Waals surface area contributed by atoms with Gasteiger partial charge >= 0.3 is 0 Å². The van der Waals surface area contributed by atoms with Crippen LogP contribution < -0.4 is 20.3 Å². The Bertz CT molecular complexity index is 584. The van der Waals surface area contributed by atoms with Gasteiger partial charge in [-0.15, -0.1) is 0 Å². The molecule has 0 saturated carbocycles. The number of para-hydroxylation sites is 2. The lowest BCUT2D eigenvalue weighted by molar-refractivity contribution is -0.129. The predicted molar refractivity (Wildman–Crippen MR) is 84.5 cm³/mol. The van der Waals surface area contributed by atoms with Crippen molar-refractivity contribution in [2.24, 2.45) is 0 Å². The van der Waals surface area contributed by atoms with Crippen molar-refractivity contribution in [3.8, 4) is 5.75 Å². The zero-order chi connectivity index (χ0) is 16.2. The highest BCUT2D eigenvalue weighted by atomic mass is 16.5. The molecule has 1 fully saturated rings. The fraction of sp³-hybridized carbons (Fsp3) is 0.500. The van der Waals surface area contributed by atoms with E-state index in [0.29, 0.717) is 32.1 Å². The Morgan fingerprint density at radius 2 is 2.22 bits per heavy atom. The molecule has 3 rings (SSSR count). The number of morpholine rings is 1. The molecule has 0 aromatic heterocycles. The molecule has 7 nitrogen and oxygen atoms in total. The van der Waals surface area contributed by atoms with Crippen molar-refractivity contribution < 1.29 is 19.1 Å². The van der Waals surface area contributed by atoms with Gasteiger partial charge in [0, 0.05) is 6.54 Å². The van der Waals surface area contributed by atoms with Gasteiger partial charge in [0.05, 0.1) is 31.5 Å². The molecule has 2 heterocycles. The molecule has 0 radical (unpaired) electrons. The lowest BCUT2D eigenvalue weighted by atomic mass is 10.2. The van der Waals surface area contributed by atoms with Crippen LogP contribution in [0.2, 0.25) is 0 Å². The quantitative estimate of drug-likeness (QED) is 0.814. The minimum Gasteiger partial charge on any atom is -0.490 e. The molecule has 1 saturated heterocycles. The Morgan fingerprint density at radius 1 is 1.39 bits per heavy atom. The molecule has 1 aromatic carbocycles. The summed E-state index contributed by atoms with van der Waals surface area (Å²) in [6.45, 7) is 3.78. The number of benzene rings is 1. The number of carbonyl (C=O) groups is 2. The standard InChI is InChI=1S/C16H21N3O4/c1-11-8-17-12(10-23-11)16(21)18-9-15(20)19-6-7-22-14-5-3-2-4-13(14)19/h2-5,11-12,17H,6-10H2,1H3,(H,18,21)/t11-,12+/m1/s1. The fourth-order valence-corrected chi connectivity index (χ4v) is 2.66. The number of hydrogen-bond acceptors (Lipinski definition) is 5. The number of ether oxygens (including phenoxy) is 2. The lowest BCUT2D eigenvalue weighted by Crippen LogP contribution is -2.55. The maximum absolute atomic E-state index is 12.4. The largest absolute Gasteiger partial charge is 0.490 e. The van der Waals surface area contributed by atoms with Crippen LogP contribution in [0, 0.1) is 0 Å². The third-order valence-corrected chi connectivity index (χ3v) is 3.96. The summed E-state index contributed by atoms with van der Waals surface area (Å²) >= 11 is 0. The molecule has 1 aromatic rings. The number of rotatable bonds is 3. The minimum absolute atomic E-state index is 0.0408. The molecule has 2 amide bonds. The molecule has 23 heavy (non-hydrogen) atoms. The first kappa shape index (κ1) is 15.8. The smallest absolute Gasteiger partial charge is 0.246 e. The third kappa shape index (κ3) is 3.62. The maximum atomic E-state index is 12.4. The van der Waals surface area contributed by atoms with Crippen LogP contribution in [-0.4, -0.2) is 56.8 Å². The van der Waals surface area contributed by atoms with Crippen molar-refractivity contribution >= 4 is 17.5 Å². The Hall–Kier alpha value is -2.12. The van der Waals surface area contributed by atoms with E-state index in [1.54, 1.807) is 4.90 Å². The number of nitrogens with one attached hydrogen (secondary N) is 2. The van der Waals surface area contributed by atoms with E-state index in [1.807, 2.05) is 31.2 Å². The van der Waals surface area contributed by atoms with E-state index in [1.165, 1.54) is 0 Å². The highest BCUT2D eigenvalue weighted by molar-refractivity contribution is 5.98. The molecule has 0 bridgehead atoms. The van der Waals surface area contributed by atoms with Crippen molar-refractivity contribution in [2.75, 3.05) is 37.7 Å². The van der Waals surface area contributed by atoms with Gasteiger partial charge in [0.15, 0.2) is 0 Å². The van der Waals surface area contributed by atoms with Crippen LogP contribution in [0.4, 0.5) is 5.69 Å². The third-order valence-electron chi connectivity index (χ3n) is 3.96. The molecule has 7 heteroatoms. The van der Waals surface area contributed by atoms with Crippen LogP contribution in [0.5, 0.6) is 5.75 Å². The zero-order valence-electron chi connectivity index (χ0n) is 13.1. The molecule has 2 atom stereocenters. The van der Waals surface area contributed by atoms with Crippen molar-refractivity contribution in [3.05, 3.63) is 24.3 Å². The van der Waals surface area contributed by atoms with Crippen molar-refractivity contribution in [2.45, 2.75) is 19.1 Å². The Kier molecular flexibility index (Phi) is 4.78. The number of anilines is 1. The van der Waals surface area contributed by atoms with E-state index in [9.17, 15) is 9.59 Å². The molecule has 2 aliphatic heterocycles. The van der Waals surface area contributed by atoms with Crippen LogP contribution in [0.15, 0.2) is 24.3 Å². The zero-order valence-corrected chi connectivity index (χ0v) is 13.1. The first-order valence-corrected chi connectivity index (χ1v) is 7.80. The van der Waals surface area contributed by atoms with Crippen LogP contribution >= 0.6 is 0 Å². The Balaban J connectivity index is 1.55. The van der Waals surface area contributed by atoms with Gasteiger partial charge in [-0.2, -0.15) is 0 Å². The summed E-state index contributed by atoms with van der Waals surface area (Å²) < 4.78 is 11.0. The first-order chi connectivity index (χ1) is 11.1. The summed E-state index contributed by atoms with van der Waals surface area (Å²) in [6, 6.07) is 6.99. The fourth-order valence-electron chi connectivity index (χ4n) is 2.66. The van der Waals surface area contributed by atoms with Crippen molar-refractivity contribution in [3.63, 3.8) is 0 Å². The van der Waals surface area contributed by atoms with E-state index in [-0.39, 0.29) is 24.5 Å². The summed E-state index contributed by atoms with van der Waals surface area (Å²) in [4.78, 5) is 26.1. The van der Waals surface area contributed by atoms with E-state index in [0.717, 1.165) is 5.69 Å². The van der Waals surface area contributed by atoms with Gasteiger partial charge in [0.25, 0.3) is 0 Å². The molecule has 0 spiro atoms. The topological polar surface area (TPSA) is 79.9 Å². The average molecular weight is 319 g/mol. The summed E-state index contributed by atoms with van der Waals surface area (Å²) in [6.07, 6.45) is 0.102. The number of nitrogens with zero attached hydrogens (tertiary/aromatic N) is 1. The van der Waals surface area contributed by atoms with Gasteiger partial charge < -0.3 is 25.0 Å². The van der Waals surface area contributed by atoms with E-state index in [2.05, 4.69) is 10.6 Å². The first-order valence-electron chi connectivity index (χ1n) is 7.80. The van der Waals surface area contributed by atoms with Crippen LogP contribution in [-0.2, 0) is 14.3 Å². The maximum Gasteiger partial charge on any atom is 0.246 e. The summed E-state index contributed by atoms with van der Waals surface area (Å²) in [5, 5.41) is 5.79. The van der Waals surface area contributed by atoms with E-state index >= 15 is 0 Å². The Labute approximate surface area is 134 Å². The number of amides is 2. The van der Waals surface area contributed by atoms with Gasteiger partial charge in [-0.3, -0.25) is 9.59 Å². The summed E-state index contributed by atoms with van der Waals surface area (Å²) in [5.74, 6) is 0.320. The molecular weight excluding hydrogens is 298 g/mol. The molecule has 2 aliphatic rings. The number of hydrogen-bond donors (Lipinski definition) is 2. The number of carbonyl (C=O) groups excluding carboxylic acids is 2. The van der Waals surface area contributed by atoms with Crippen molar-refractivity contribution in [1.29, 1.82) is 0 Å². The molecular formula is C16H21N3O4. The molecule has 0 unspecified atom stereocenters. The van der Waals surface area contributed by atoms with Gasteiger partial charge in [0.1, 0.15) is 18.4 Å². The second-order valence-electron chi connectivity index (χ2n) is 5.68. The highest BCUT2D eigenvalue weighted by Crippen LogP contribution is 2.30.